The fourth-order valence-electron chi connectivity index (χ4n) is 4.26. The molecule has 0 atom stereocenters. The van der Waals surface area contributed by atoms with Gasteiger partial charge in [0, 0.05) is 25.8 Å². The lowest BCUT2D eigenvalue weighted by Gasteiger charge is -2.13. The maximum Gasteiger partial charge on any atom is 0.335 e. The molecule has 0 aliphatic carbocycles. The van der Waals surface area contributed by atoms with E-state index in [-0.39, 0.29) is 17.9 Å². The number of fused-ring (bicyclic) bond motifs is 1. The summed E-state index contributed by atoms with van der Waals surface area (Å²) >= 11 is 0. The van der Waals surface area contributed by atoms with Crippen molar-refractivity contribution in [2.24, 2.45) is 7.05 Å². The molecule has 10 heteroatoms. The molecular weight excluding hydrogens is 530 g/mol. The Morgan fingerprint density at radius 2 is 1.76 bits per heavy atom. The number of hydrogen-bond acceptors (Lipinski definition) is 6. The van der Waals surface area contributed by atoms with Gasteiger partial charge in [-0.15, -0.1) is 0 Å². The molecule has 0 bridgehead atoms. The third-order valence-electron chi connectivity index (χ3n) is 6.76. The Bertz CT molecular complexity index is 1520. The third kappa shape index (κ3) is 8.10. The van der Waals surface area contributed by atoms with Crippen LogP contribution in [0.3, 0.4) is 0 Å². The second-order valence-electron chi connectivity index (χ2n) is 9.68. The first-order valence-electron chi connectivity index (χ1n) is 13.4. The number of carboxylic acid groups (broad SMARTS) is 1. The molecule has 6 rings (SSSR count). The number of carbonyl (C=O) groups is 1. The molecule has 2 aliphatic rings. The minimum absolute atomic E-state index is 0.00254. The minimum Gasteiger partial charge on any atom is -0.486 e. The van der Waals surface area contributed by atoms with Crippen molar-refractivity contribution in [1.82, 2.24) is 14.5 Å². The van der Waals surface area contributed by atoms with Crippen LogP contribution in [0.25, 0.3) is 11.0 Å². The van der Waals surface area contributed by atoms with Crippen LogP contribution in [0.2, 0.25) is 0 Å². The predicted molar refractivity (Wildman–Crippen MR) is 149 cm³/mol. The van der Waals surface area contributed by atoms with Gasteiger partial charge in [0.05, 0.1) is 34.8 Å². The van der Waals surface area contributed by atoms with E-state index in [1.807, 2.05) is 17.7 Å². The summed E-state index contributed by atoms with van der Waals surface area (Å²) in [7, 11) is 1.95. The molecule has 2 saturated heterocycles. The van der Waals surface area contributed by atoms with Crippen molar-refractivity contribution in [3.05, 3.63) is 94.8 Å². The van der Waals surface area contributed by atoms with Gasteiger partial charge in [0.1, 0.15) is 18.2 Å². The number of hydrogen-bond donors (Lipinski definition) is 1. The summed E-state index contributed by atoms with van der Waals surface area (Å²) < 4.78 is 38.7. The van der Waals surface area contributed by atoms with Crippen molar-refractivity contribution >= 4 is 17.0 Å². The van der Waals surface area contributed by atoms with Gasteiger partial charge in [-0.1, -0.05) is 18.2 Å². The number of carboxylic acids is 1. The van der Waals surface area contributed by atoms with Gasteiger partial charge >= 0.3 is 5.97 Å². The summed E-state index contributed by atoms with van der Waals surface area (Å²) in [4.78, 5) is 18.0. The Morgan fingerprint density at radius 3 is 2.37 bits per heavy atom. The smallest absolute Gasteiger partial charge is 0.335 e. The Balaban J connectivity index is 0.000000166. The van der Waals surface area contributed by atoms with Crippen LogP contribution >= 0.6 is 0 Å². The SMILES string of the molecule is C1COC1.Cn1c(CN2CCCC2)nc2ccc(C(=O)O)cc21.N#Cc1ccc(OCc2ccccc2F)c(F)c1. The number of nitriles is 1. The van der Waals surface area contributed by atoms with Crippen LogP contribution in [0.4, 0.5) is 8.78 Å². The Labute approximate surface area is 237 Å². The van der Waals surface area contributed by atoms with Crippen molar-refractivity contribution in [3.63, 3.8) is 0 Å². The zero-order chi connectivity index (χ0) is 29.2. The second-order valence-corrected chi connectivity index (χ2v) is 9.68. The molecule has 214 valence electrons. The number of aryl methyl sites for hydroxylation is 1. The quantitative estimate of drug-likeness (QED) is 0.322. The summed E-state index contributed by atoms with van der Waals surface area (Å²) in [6.45, 7) is 5.04. The van der Waals surface area contributed by atoms with Gasteiger partial charge in [0.25, 0.3) is 0 Å². The lowest BCUT2D eigenvalue weighted by atomic mass is 10.2. The van der Waals surface area contributed by atoms with Gasteiger partial charge in [-0.3, -0.25) is 4.90 Å². The molecule has 0 saturated carbocycles. The highest BCUT2D eigenvalue weighted by Gasteiger charge is 2.16. The Kier molecular flexibility index (Phi) is 10.4. The largest absolute Gasteiger partial charge is 0.486 e. The number of nitrogens with zero attached hydrogens (tertiary/aromatic N) is 4. The lowest BCUT2D eigenvalue weighted by molar-refractivity contribution is 0.0367. The van der Waals surface area contributed by atoms with E-state index in [0.29, 0.717) is 11.1 Å². The van der Waals surface area contributed by atoms with E-state index in [9.17, 15) is 13.6 Å². The summed E-state index contributed by atoms with van der Waals surface area (Å²) in [5, 5.41) is 17.6. The fraction of sp³-hybridized carbons (Fsp3) is 0.323. The van der Waals surface area contributed by atoms with E-state index in [4.69, 9.17) is 19.8 Å². The van der Waals surface area contributed by atoms with Crippen LogP contribution in [0, 0.1) is 23.0 Å². The highest BCUT2D eigenvalue weighted by atomic mass is 19.1. The normalized spacial score (nSPS) is 14.2. The first kappa shape index (κ1) is 29.6. The lowest BCUT2D eigenvalue weighted by Crippen LogP contribution is -2.20. The number of halogens is 2. The second kappa shape index (κ2) is 14.3. The maximum atomic E-state index is 13.5. The zero-order valence-corrected chi connectivity index (χ0v) is 22.9. The number of imidazole rings is 1. The van der Waals surface area contributed by atoms with Crippen molar-refractivity contribution in [2.75, 3.05) is 26.3 Å². The predicted octanol–water partition coefficient (Wildman–Crippen LogP) is 5.69. The molecule has 0 unspecified atom stereocenters. The van der Waals surface area contributed by atoms with Gasteiger partial charge in [0.15, 0.2) is 11.6 Å². The minimum atomic E-state index is -0.899. The number of ether oxygens (including phenoxy) is 2. The average molecular weight is 563 g/mol. The van der Waals surface area contributed by atoms with Crippen LogP contribution < -0.4 is 4.74 Å². The monoisotopic (exact) mass is 562 g/mol. The van der Waals surface area contributed by atoms with Gasteiger partial charge < -0.3 is 19.1 Å². The summed E-state index contributed by atoms with van der Waals surface area (Å²) in [5.74, 6) is -0.933. The molecule has 1 aromatic heterocycles. The number of rotatable bonds is 6. The van der Waals surface area contributed by atoms with Crippen LogP contribution in [-0.4, -0.2) is 51.8 Å². The van der Waals surface area contributed by atoms with Crippen LogP contribution in [-0.2, 0) is 24.9 Å². The maximum absolute atomic E-state index is 13.5. The van der Waals surface area contributed by atoms with Crippen LogP contribution in [0.15, 0.2) is 60.7 Å². The van der Waals surface area contributed by atoms with E-state index in [0.717, 1.165) is 55.8 Å². The molecule has 0 amide bonds. The van der Waals surface area contributed by atoms with E-state index in [2.05, 4.69) is 9.88 Å². The fourth-order valence-corrected chi connectivity index (χ4v) is 4.26. The van der Waals surface area contributed by atoms with Crippen LogP contribution in [0.1, 0.15) is 46.6 Å². The number of likely N-dealkylation sites (tertiary alicyclic amines) is 1. The Morgan fingerprint density at radius 1 is 1.05 bits per heavy atom. The van der Waals surface area contributed by atoms with Gasteiger partial charge in [-0.2, -0.15) is 5.26 Å². The first-order valence-corrected chi connectivity index (χ1v) is 13.4. The van der Waals surface area contributed by atoms with Crippen molar-refractivity contribution in [2.45, 2.75) is 32.4 Å². The molecule has 1 N–H and O–H groups in total. The number of aromatic carboxylic acids is 1. The zero-order valence-electron chi connectivity index (χ0n) is 22.9. The molecule has 0 spiro atoms. The van der Waals surface area contributed by atoms with Crippen molar-refractivity contribution in [3.8, 4) is 11.8 Å². The molecule has 4 aromatic rings. The molecule has 2 aliphatic heterocycles. The van der Waals surface area contributed by atoms with E-state index in [1.165, 1.54) is 37.5 Å². The van der Waals surface area contributed by atoms with Crippen molar-refractivity contribution in [1.29, 1.82) is 5.26 Å². The van der Waals surface area contributed by atoms with Crippen molar-refractivity contribution < 1.29 is 28.2 Å². The third-order valence-corrected chi connectivity index (χ3v) is 6.76. The average Bonchev–Trinajstić information content (AvgIpc) is 3.56. The molecular formula is C31H32F2N4O4. The highest BCUT2D eigenvalue weighted by Crippen LogP contribution is 2.21. The molecule has 8 nitrogen and oxygen atoms in total. The molecule has 2 fully saturated rings. The molecule has 0 radical (unpaired) electrons. The van der Waals surface area contributed by atoms with E-state index < -0.39 is 17.6 Å². The van der Waals surface area contributed by atoms with Crippen LogP contribution in [0.5, 0.6) is 5.75 Å². The van der Waals surface area contributed by atoms with Gasteiger partial charge in [-0.05, 0) is 74.8 Å². The first-order chi connectivity index (χ1) is 19.9. The molecule has 3 heterocycles. The van der Waals surface area contributed by atoms with Gasteiger partial charge in [-0.25, -0.2) is 18.6 Å². The highest BCUT2D eigenvalue weighted by molar-refractivity contribution is 5.92. The van der Waals surface area contributed by atoms with E-state index >= 15 is 0 Å². The van der Waals surface area contributed by atoms with Gasteiger partial charge in [0.2, 0.25) is 0 Å². The summed E-state index contributed by atoms with van der Waals surface area (Å²) in [6, 6.07) is 16.9. The molecule has 3 aromatic carbocycles. The standard InChI is InChI=1S/C14H9F2NO.C14H17N3O2.C3H6O/c15-12-4-2-1-3-11(12)9-18-14-6-5-10(8-17)7-13(14)16;1-16-12-8-10(14(18)19)4-5-11(12)15-13(16)9-17-6-2-3-7-17;1-2-4-3-1/h1-7H,9H2;4-5,8H,2-3,6-7,9H2,1H3,(H,18,19);1-3H2. The summed E-state index contributed by atoms with van der Waals surface area (Å²) in [6.07, 6.45) is 3.79. The molecule has 41 heavy (non-hydrogen) atoms. The number of aromatic nitrogens is 2. The number of benzene rings is 3. The topological polar surface area (TPSA) is 101 Å². The Hall–Kier alpha value is -4.33. The van der Waals surface area contributed by atoms with E-state index in [1.54, 1.807) is 36.4 Å². The summed E-state index contributed by atoms with van der Waals surface area (Å²) in [5.41, 5.74) is 2.62.